The first-order chi connectivity index (χ1) is 18.4. The van der Waals surface area contributed by atoms with E-state index in [4.69, 9.17) is 4.55 Å². The average Bonchev–Trinajstić information content (AvgIpc) is 2.90. The van der Waals surface area contributed by atoms with E-state index in [-0.39, 0.29) is 5.75 Å². The second-order valence-electron chi connectivity index (χ2n) is 10.5. The van der Waals surface area contributed by atoms with Crippen LogP contribution >= 0.6 is 0 Å². The Balaban J connectivity index is 1.89. The fourth-order valence-electron chi connectivity index (χ4n) is 4.68. The summed E-state index contributed by atoms with van der Waals surface area (Å²) in [4.78, 5) is 2.59. The van der Waals surface area contributed by atoms with Crippen molar-refractivity contribution in [2.24, 2.45) is 0 Å². The van der Waals surface area contributed by atoms with Crippen LogP contribution in [0, 0.1) is 0 Å². The SMILES string of the molecule is CCCCCCCCN(CCCCCCCC)c1ccc(/C=C/c2cc[n+](CCCS(=O)(=O)O)cc2)cc1. The van der Waals surface area contributed by atoms with Crippen LogP contribution < -0.4 is 9.47 Å². The average molecular weight is 544 g/mol. The lowest BCUT2D eigenvalue weighted by Gasteiger charge is -2.25. The number of aryl methyl sites for hydroxylation is 1. The van der Waals surface area contributed by atoms with Gasteiger partial charge in [-0.25, -0.2) is 4.57 Å². The number of unbranched alkanes of at least 4 members (excludes halogenated alkanes) is 10. The summed E-state index contributed by atoms with van der Waals surface area (Å²) in [6.07, 6.45) is 24.4. The highest BCUT2D eigenvalue weighted by molar-refractivity contribution is 7.85. The Kier molecular flexibility index (Phi) is 16.0. The summed E-state index contributed by atoms with van der Waals surface area (Å²) in [5.41, 5.74) is 3.60. The molecule has 0 aliphatic carbocycles. The normalized spacial score (nSPS) is 11.9. The van der Waals surface area contributed by atoms with E-state index in [0.717, 1.165) is 18.7 Å². The van der Waals surface area contributed by atoms with Crippen LogP contribution in [0.1, 0.15) is 108 Å². The molecule has 2 rings (SSSR count). The maximum atomic E-state index is 10.9. The van der Waals surface area contributed by atoms with Crippen LogP contribution in [0.3, 0.4) is 0 Å². The molecule has 6 heteroatoms. The predicted octanol–water partition coefficient (Wildman–Crippen LogP) is 7.95. The first kappa shape index (κ1) is 32.0. The highest BCUT2D eigenvalue weighted by Crippen LogP contribution is 2.19. The van der Waals surface area contributed by atoms with E-state index >= 15 is 0 Å². The van der Waals surface area contributed by atoms with Crippen LogP contribution in [0.25, 0.3) is 12.2 Å². The molecule has 0 bridgehead atoms. The Hall–Kier alpha value is -2.18. The minimum atomic E-state index is -3.90. The summed E-state index contributed by atoms with van der Waals surface area (Å²) in [6, 6.07) is 13.0. The highest BCUT2D eigenvalue weighted by atomic mass is 32.2. The molecule has 1 heterocycles. The lowest BCUT2D eigenvalue weighted by Crippen LogP contribution is -2.33. The molecule has 0 atom stereocenters. The van der Waals surface area contributed by atoms with Crippen LogP contribution in [-0.2, 0) is 16.7 Å². The molecule has 0 radical (unpaired) electrons. The predicted molar refractivity (Wildman–Crippen MR) is 162 cm³/mol. The van der Waals surface area contributed by atoms with Crippen molar-refractivity contribution in [2.45, 2.75) is 104 Å². The largest absolute Gasteiger partial charge is 0.372 e. The van der Waals surface area contributed by atoms with E-state index in [2.05, 4.69) is 55.2 Å². The molecule has 1 N–H and O–H groups in total. The molecule has 0 saturated heterocycles. The van der Waals surface area contributed by atoms with E-state index in [0.29, 0.717) is 13.0 Å². The number of nitrogens with zero attached hydrogens (tertiary/aromatic N) is 2. The Morgan fingerprint density at radius 3 is 1.66 bits per heavy atom. The molecule has 0 amide bonds. The van der Waals surface area contributed by atoms with Crippen molar-refractivity contribution >= 4 is 28.0 Å². The van der Waals surface area contributed by atoms with Gasteiger partial charge in [-0.15, -0.1) is 0 Å². The molecule has 5 nitrogen and oxygen atoms in total. The fourth-order valence-corrected chi connectivity index (χ4v) is 5.18. The van der Waals surface area contributed by atoms with Crippen LogP contribution in [0.2, 0.25) is 0 Å². The van der Waals surface area contributed by atoms with Gasteiger partial charge in [-0.05, 0) is 36.1 Å². The first-order valence-electron chi connectivity index (χ1n) is 14.9. The number of rotatable bonds is 21. The Labute approximate surface area is 232 Å². The van der Waals surface area contributed by atoms with Crippen LogP contribution in [0.4, 0.5) is 5.69 Å². The minimum absolute atomic E-state index is 0.215. The number of pyridine rings is 1. The van der Waals surface area contributed by atoms with Gasteiger partial charge in [0.25, 0.3) is 10.1 Å². The van der Waals surface area contributed by atoms with Crippen molar-refractivity contribution in [3.05, 3.63) is 59.9 Å². The summed E-state index contributed by atoms with van der Waals surface area (Å²) >= 11 is 0. The molecule has 0 fully saturated rings. The van der Waals surface area contributed by atoms with Gasteiger partial charge in [-0.1, -0.05) is 102 Å². The zero-order valence-corrected chi connectivity index (χ0v) is 24.7. The zero-order chi connectivity index (χ0) is 27.5. The molecule has 0 spiro atoms. The zero-order valence-electron chi connectivity index (χ0n) is 23.9. The van der Waals surface area contributed by atoms with Gasteiger partial charge in [0.05, 0.1) is 5.75 Å². The van der Waals surface area contributed by atoms with Crippen molar-refractivity contribution in [1.29, 1.82) is 0 Å². The summed E-state index contributed by atoms with van der Waals surface area (Å²) in [5.74, 6) is -0.215. The van der Waals surface area contributed by atoms with E-state index in [9.17, 15) is 8.42 Å². The molecule has 38 heavy (non-hydrogen) atoms. The van der Waals surface area contributed by atoms with Crippen molar-refractivity contribution in [2.75, 3.05) is 23.7 Å². The van der Waals surface area contributed by atoms with Gasteiger partial charge in [-0.2, -0.15) is 8.42 Å². The van der Waals surface area contributed by atoms with Gasteiger partial charge < -0.3 is 4.90 Å². The van der Waals surface area contributed by atoms with E-state index in [1.54, 1.807) is 0 Å². The van der Waals surface area contributed by atoms with Crippen molar-refractivity contribution in [3.8, 4) is 0 Å². The number of aromatic nitrogens is 1. The summed E-state index contributed by atoms with van der Waals surface area (Å²) < 4.78 is 32.5. The van der Waals surface area contributed by atoms with Gasteiger partial charge in [0.15, 0.2) is 12.4 Å². The van der Waals surface area contributed by atoms with Crippen LogP contribution in [0.15, 0.2) is 48.8 Å². The van der Waals surface area contributed by atoms with Gasteiger partial charge in [0, 0.05) is 37.3 Å². The Morgan fingerprint density at radius 1 is 0.684 bits per heavy atom. The van der Waals surface area contributed by atoms with E-state index < -0.39 is 10.1 Å². The Morgan fingerprint density at radius 2 is 1.16 bits per heavy atom. The molecule has 0 saturated carbocycles. The third kappa shape index (κ3) is 14.7. The summed E-state index contributed by atoms with van der Waals surface area (Å²) in [6.45, 7) is 7.39. The smallest absolute Gasteiger partial charge is 0.265 e. The molecule has 0 aliphatic rings. The topological polar surface area (TPSA) is 61.5 Å². The van der Waals surface area contributed by atoms with Crippen molar-refractivity contribution < 1.29 is 17.5 Å². The maximum absolute atomic E-state index is 10.9. The van der Waals surface area contributed by atoms with Crippen LogP contribution in [-0.4, -0.2) is 31.8 Å². The molecule has 0 aliphatic heterocycles. The number of benzene rings is 1. The van der Waals surface area contributed by atoms with Gasteiger partial charge >= 0.3 is 0 Å². The molecule has 1 aromatic carbocycles. The lowest BCUT2D eigenvalue weighted by atomic mass is 10.1. The first-order valence-corrected chi connectivity index (χ1v) is 16.5. The molecule has 0 unspecified atom stereocenters. The van der Waals surface area contributed by atoms with Gasteiger partial charge in [0.1, 0.15) is 6.54 Å². The number of hydrogen-bond donors (Lipinski definition) is 1. The second kappa shape index (κ2) is 19.0. The molecule has 2 aromatic rings. The maximum Gasteiger partial charge on any atom is 0.265 e. The standard InChI is InChI=1S/C32H50N2O3S/c1-3-5-7-9-11-13-25-34(26-14-12-10-8-6-4-2)32-20-18-30(19-21-32)16-17-31-22-27-33(28-23-31)24-15-29-38(35,36)37/h16-23,27-28H,3-15,24-26,29H2,1-2H3/p+1. The molecular weight excluding hydrogens is 492 g/mol. The Bertz CT molecular complexity index is 986. The van der Waals surface area contributed by atoms with E-state index in [1.807, 2.05) is 29.1 Å². The molecule has 1 aromatic heterocycles. The van der Waals surface area contributed by atoms with Crippen LogP contribution in [0.5, 0.6) is 0 Å². The minimum Gasteiger partial charge on any atom is -0.372 e. The van der Waals surface area contributed by atoms with E-state index in [1.165, 1.54) is 88.3 Å². The number of anilines is 1. The van der Waals surface area contributed by atoms with Crippen molar-refractivity contribution in [3.63, 3.8) is 0 Å². The number of hydrogen-bond acceptors (Lipinski definition) is 3. The third-order valence-corrected chi connectivity index (χ3v) is 7.83. The molecular formula is C32H51N2O3S+. The summed E-state index contributed by atoms with van der Waals surface area (Å²) in [5, 5.41) is 0. The van der Waals surface area contributed by atoms with Crippen molar-refractivity contribution in [1.82, 2.24) is 0 Å². The van der Waals surface area contributed by atoms with Gasteiger partial charge in [-0.3, -0.25) is 4.55 Å². The van der Waals surface area contributed by atoms with Gasteiger partial charge in [0.2, 0.25) is 0 Å². The molecule has 212 valence electrons. The second-order valence-corrected chi connectivity index (χ2v) is 12.0. The third-order valence-electron chi connectivity index (χ3n) is 7.03. The highest BCUT2D eigenvalue weighted by Gasteiger charge is 2.08. The lowest BCUT2D eigenvalue weighted by molar-refractivity contribution is -0.696. The fraction of sp³-hybridized carbons (Fsp3) is 0.594. The summed E-state index contributed by atoms with van der Waals surface area (Å²) in [7, 11) is -3.90. The quantitative estimate of drug-likeness (QED) is 0.0986. The monoisotopic (exact) mass is 543 g/mol.